The molecule has 0 bridgehead atoms. The second-order valence-electron chi connectivity index (χ2n) is 6.54. The van der Waals surface area contributed by atoms with E-state index in [-0.39, 0.29) is 12.2 Å². The summed E-state index contributed by atoms with van der Waals surface area (Å²) >= 11 is 0. The number of hydrogen-bond donors (Lipinski definition) is 0. The third kappa shape index (κ3) is 1.54. The van der Waals surface area contributed by atoms with Crippen molar-refractivity contribution in [2.75, 3.05) is 0 Å². The summed E-state index contributed by atoms with van der Waals surface area (Å²) in [5.74, 6) is 8.27. The van der Waals surface area contributed by atoms with Gasteiger partial charge < -0.3 is 9.47 Å². The molecule has 0 unspecified atom stereocenters. The first-order chi connectivity index (χ1) is 9.33. The zero-order valence-corrected chi connectivity index (χ0v) is 11.1. The minimum Gasteiger partial charge on any atom is -0.373 e. The Hall–Kier alpha value is -0.960. The molecule has 0 spiro atoms. The minimum atomic E-state index is 0.288. The average Bonchev–Trinajstić information content (AvgIpc) is 3.03. The van der Waals surface area contributed by atoms with E-state index in [1.165, 1.54) is 6.42 Å². The molecule has 100 valence electrons. The summed E-state index contributed by atoms with van der Waals surface area (Å²) < 4.78 is 12.4. The van der Waals surface area contributed by atoms with Crippen molar-refractivity contribution in [3.05, 3.63) is 0 Å². The van der Waals surface area contributed by atoms with Gasteiger partial charge in [0.25, 0.3) is 0 Å². The lowest BCUT2D eigenvalue weighted by Gasteiger charge is -2.33. The molecule has 19 heavy (non-hydrogen) atoms. The van der Waals surface area contributed by atoms with Crippen molar-refractivity contribution >= 4 is 0 Å². The van der Waals surface area contributed by atoms with Gasteiger partial charge in [-0.1, -0.05) is 0 Å². The van der Waals surface area contributed by atoms with Gasteiger partial charge in [-0.3, -0.25) is 0 Å². The molecule has 4 aliphatic rings. The molecule has 2 saturated heterocycles. The van der Waals surface area contributed by atoms with Gasteiger partial charge in [-0.25, -0.2) is 0 Å². The minimum absolute atomic E-state index is 0.288. The Morgan fingerprint density at radius 1 is 0.842 bits per heavy atom. The highest BCUT2D eigenvalue weighted by Gasteiger charge is 2.63. The van der Waals surface area contributed by atoms with Crippen molar-refractivity contribution in [1.29, 1.82) is 0 Å². The first kappa shape index (κ1) is 11.8. The van der Waals surface area contributed by atoms with Crippen molar-refractivity contribution in [3.8, 4) is 24.7 Å². The van der Waals surface area contributed by atoms with Crippen LogP contribution in [0, 0.1) is 48.4 Å². The van der Waals surface area contributed by atoms with E-state index >= 15 is 0 Å². The largest absolute Gasteiger partial charge is 0.373 e. The Morgan fingerprint density at radius 2 is 1.32 bits per heavy atom. The van der Waals surface area contributed by atoms with E-state index in [4.69, 9.17) is 22.3 Å². The fourth-order valence-electron chi connectivity index (χ4n) is 5.36. The molecule has 4 fully saturated rings. The van der Waals surface area contributed by atoms with Crippen LogP contribution in [0.25, 0.3) is 0 Å². The SMILES string of the molecule is C#CC[C@@H]1O[C@H]2CC[C@H]3O[C@H](CC#C)[C@H]4C[C@@H]1[C@@H]2[C@H]43. The predicted molar refractivity (Wildman–Crippen MR) is 72.0 cm³/mol. The van der Waals surface area contributed by atoms with Crippen LogP contribution in [0.4, 0.5) is 0 Å². The second kappa shape index (κ2) is 4.27. The standard InChI is InChI=1S/C17H20O2/c1-3-5-12-10-9-11-13(6-4-2)19-15-8-7-14(18-12)16(10)17(11)15/h1-2,10-17H,5-9H2/t10-,11+,12-,13+,14-,15+,16-,17+. The average molecular weight is 256 g/mol. The zero-order chi connectivity index (χ0) is 13.0. The van der Waals surface area contributed by atoms with Gasteiger partial charge in [0, 0.05) is 12.8 Å². The molecular formula is C17H20O2. The van der Waals surface area contributed by atoms with Crippen molar-refractivity contribution in [2.24, 2.45) is 23.7 Å². The molecule has 0 aromatic rings. The summed E-state index contributed by atoms with van der Waals surface area (Å²) in [4.78, 5) is 0. The maximum atomic E-state index is 6.22. The second-order valence-corrected chi connectivity index (χ2v) is 6.54. The Balaban J connectivity index is 1.63. The first-order valence-corrected chi connectivity index (χ1v) is 7.51. The lowest BCUT2D eigenvalue weighted by molar-refractivity contribution is -0.0380. The normalized spacial score (nSPS) is 53.6. The third-order valence-corrected chi connectivity index (χ3v) is 5.86. The predicted octanol–water partition coefficient (Wildman–Crippen LogP) is 2.23. The summed E-state index contributed by atoms with van der Waals surface area (Å²) in [6, 6.07) is 0. The van der Waals surface area contributed by atoms with Gasteiger partial charge in [-0.05, 0) is 42.9 Å². The Bertz CT molecular complexity index is 415. The van der Waals surface area contributed by atoms with E-state index in [1.807, 2.05) is 0 Å². The van der Waals surface area contributed by atoms with Gasteiger partial charge in [0.05, 0.1) is 24.4 Å². The smallest absolute Gasteiger partial charge is 0.0720 e. The maximum Gasteiger partial charge on any atom is 0.0720 e. The van der Waals surface area contributed by atoms with Crippen LogP contribution in [0.2, 0.25) is 0 Å². The fourth-order valence-corrected chi connectivity index (χ4v) is 5.36. The van der Waals surface area contributed by atoms with Crippen molar-refractivity contribution in [2.45, 2.75) is 56.5 Å². The molecule has 0 N–H and O–H groups in total. The van der Waals surface area contributed by atoms with E-state index < -0.39 is 0 Å². The molecule has 8 atom stereocenters. The number of hydrogen-bond acceptors (Lipinski definition) is 2. The Morgan fingerprint density at radius 3 is 1.74 bits per heavy atom. The molecule has 2 heterocycles. The van der Waals surface area contributed by atoms with Gasteiger partial charge in [-0.2, -0.15) is 0 Å². The van der Waals surface area contributed by atoms with Crippen LogP contribution in [-0.2, 0) is 9.47 Å². The van der Waals surface area contributed by atoms with Crippen LogP contribution in [0.1, 0.15) is 32.1 Å². The number of rotatable bonds is 2. The highest BCUT2D eigenvalue weighted by Crippen LogP contribution is 2.61. The Kier molecular flexibility index (Phi) is 2.66. The van der Waals surface area contributed by atoms with E-state index in [2.05, 4.69) is 11.8 Å². The highest BCUT2D eigenvalue weighted by molar-refractivity contribution is 5.13. The summed E-state index contributed by atoms with van der Waals surface area (Å²) in [6.45, 7) is 0. The molecule has 2 nitrogen and oxygen atoms in total. The van der Waals surface area contributed by atoms with Gasteiger partial charge in [-0.15, -0.1) is 24.7 Å². The number of ether oxygens (including phenoxy) is 2. The molecule has 2 aliphatic carbocycles. The summed E-state index contributed by atoms with van der Waals surface area (Å²) in [5, 5.41) is 0. The molecule has 0 aromatic heterocycles. The Labute approximate surface area is 115 Å². The molecule has 0 aromatic carbocycles. The lowest BCUT2D eigenvalue weighted by Crippen LogP contribution is -2.36. The third-order valence-electron chi connectivity index (χ3n) is 5.86. The lowest BCUT2D eigenvalue weighted by atomic mass is 9.73. The molecule has 0 amide bonds. The van der Waals surface area contributed by atoms with Gasteiger partial charge in [0.2, 0.25) is 0 Å². The van der Waals surface area contributed by atoms with Crippen LogP contribution in [0.3, 0.4) is 0 Å². The first-order valence-electron chi connectivity index (χ1n) is 7.51. The maximum absolute atomic E-state index is 6.22. The van der Waals surface area contributed by atoms with E-state index in [9.17, 15) is 0 Å². The molecule has 4 rings (SSSR count). The fraction of sp³-hybridized carbons (Fsp3) is 0.765. The van der Waals surface area contributed by atoms with E-state index in [0.717, 1.165) is 25.7 Å². The van der Waals surface area contributed by atoms with Crippen LogP contribution in [0.5, 0.6) is 0 Å². The van der Waals surface area contributed by atoms with Gasteiger partial charge >= 0.3 is 0 Å². The number of terminal acetylenes is 2. The molecule has 2 saturated carbocycles. The zero-order valence-electron chi connectivity index (χ0n) is 11.1. The summed E-state index contributed by atoms with van der Waals surface area (Å²) in [6.07, 6.45) is 17.5. The van der Waals surface area contributed by atoms with Crippen LogP contribution in [0.15, 0.2) is 0 Å². The molecule has 0 radical (unpaired) electrons. The van der Waals surface area contributed by atoms with Gasteiger partial charge in [0.15, 0.2) is 0 Å². The van der Waals surface area contributed by atoms with E-state index in [1.54, 1.807) is 0 Å². The van der Waals surface area contributed by atoms with Crippen LogP contribution < -0.4 is 0 Å². The molecule has 2 heteroatoms. The van der Waals surface area contributed by atoms with Gasteiger partial charge in [0.1, 0.15) is 0 Å². The molecular weight excluding hydrogens is 236 g/mol. The quantitative estimate of drug-likeness (QED) is 0.705. The van der Waals surface area contributed by atoms with Crippen LogP contribution in [-0.4, -0.2) is 24.4 Å². The topological polar surface area (TPSA) is 18.5 Å². The van der Waals surface area contributed by atoms with Crippen molar-refractivity contribution in [3.63, 3.8) is 0 Å². The van der Waals surface area contributed by atoms with Crippen molar-refractivity contribution in [1.82, 2.24) is 0 Å². The summed E-state index contributed by atoms with van der Waals surface area (Å²) in [7, 11) is 0. The van der Waals surface area contributed by atoms with Crippen LogP contribution >= 0.6 is 0 Å². The molecule has 2 aliphatic heterocycles. The highest BCUT2D eigenvalue weighted by atomic mass is 16.5. The van der Waals surface area contributed by atoms with Crippen molar-refractivity contribution < 1.29 is 9.47 Å². The monoisotopic (exact) mass is 256 g/mol. The summed E-state index contributed by atoms with van der Waals surface area (Å²) in [5.41, 5.74) is 0. The van der Waals surface area contributed by atoms with E-state index in [0.29, 0.717) is 35.9 Å².